The van der Waals surface area contributed by atoms with Crippen LogP contribution >= 0.6 is 35.3 Å². The molecule has 1 N–H and O–H groups in total. The number of amides is 2. The zero-order valence-electron chi connectivity index (χ0n) is 14.8. The van der Waals surface area contributed by atoms with Crippen molar-refractivity contribution in [2.45, 2.75) is 12.8 Å². The van der Waals surface area contributed by atoms with E-state index >= 15 is 0 Å². The predicted octanol–water partition coefficient (Wildman–Crippen LogP) is 3.35. The normalized spacial score (nSPS) is 15.2. The zero-order valence-corrected chi connectivity index (χ0v) is 17.3. The van der Waals surface area contributed by atoms with Gasteiger partial charge >= 0.3 is 0 Å². The monoisotopic (exact) mass is 448 g/mol. The van der Waals surface area contributed by atoms with Gasteiger partial charge in [-0.3, -0.25) is 24.6 Å². The standard InChI is InChI=1S/C18H15N3O5S3/c22-14-6-5-11(21(25)26)9-13(14)19-16(23)4-1-7-20-17(24)15(29-18(20)27)10-12-3-2-8-28-12/h2-3,5-6,8-10,22H,1,4,7H2,(H,19,23)/p-1/b15-10-. The van der Waals surface area contributed by atoms with Gasteiger partial charge < -0.3 is 10.4 Å². The maximum atomic E-state index is 12.5. The topological polar surface area (TPSA) is 116 Å². The van der Waals surface area contributed by atoms with Crippen molar-refractivity contribution >= 4 is 68.9 Å². The minimum Gasteiger partial charge on any atom is -0.871 e. The summed E-state index contributed by atoms with van der Waals surface area (Å²) in [7, 11) is 0. The van der Waals surface area contributed by atoms with Crippen LogP contribution in [-0.2, 0) is 9.59 Å². The summed E-state index contributed by atoms with van der Waals surface area (Å²) in [6, 6.07) is 6.94. The maximum absolute atomic E-state index is 12.5. The molecule has 2 aromatic rings. The van der Waals surface area contributed by atoms with Gasteiger partial charge in [0.25, 0.3) is 11.6 Å². The number of thioether (sulfide) groups is 1. The highest BCUT2D eigenvalue weighted by Crippen LogP contribution is 2.33. The summed E-state index contributed by atoms with van der Waals surface area (Å²) in [5.74, 6) is -1.18. The molecule has 8 nitrogen and oxygen atoms in total. The number of hydrogen-bond donors (Lipinski definition) is 1. The third-order valence-corrected chi connectivity index (χ3v) is 6.12. The Bertz CT molecular complexity index is 1000. The molecule has 0 bridgehead atoms. The van der Waals surface area contributed by atoms with E-state index in [0.717, 1.165) is 23.1 Å². The SMILES string of the molecule is O=C(CCCN1C(=O)/C(=C/c2cccs2)SC1=S)Nc1cc([N+](=O)[O-])ccc1[O-]. The second-order valence-corrected chi connectivity index (χ2v) is 8.59. The molecule has 0 radical (unpaired) electrons. The van der Waals surface area contributed by atoms with Gasteiger partial charge in [-0.25, -0.2) is 0 Å². The van der Waals surface area contributed by atoms with E-state index in [1.807, 2.05) is 17.5 Å². The van der Waals surface area contributed by atoms with Crippen LogP contribution in [0, 0.1) is 10.1 Å². The number of carbonyl (C=O) groups excluding carboxylic acids is 2. The Kier molecular flexibility index (Phi) is 6.62. The first-order chi connectivity index (χ1) is 13.8. The largest absolute Gasteiger partial charge is 0.871 e. The van der Waals surface area contributed by atoms with Gasteiger partial charge in [0.1, 0.15) is 4.32 Å². The zero-order chi connectivity index (χ0) is 21.0. The van der Waals surface area contributed by atoms with E-state index in [-0.39, 0.29) is 30.2 Å². The second-order valence-electron chi connectivity index (χ2n) is 5.94. The molecule has 1 aliphatic rings. The summed E-state index contributed by atoms with van der Waals surface area (Å²) in [5, 5.41) is 26.8. The Labute approximate surface area is 179 Å². The van der Waals surface area contributed by atoms with Crippen LogP contribution in [0.5, 0.6) is 5.75 Å². The molecule has 1 aliphatic heterocycles. The minimum atomic E-state index is -0.645. The first-order valence-corrected chi connectivity index (χ1v) is 10.5. The summed E-state index contributed by atoms with van der Waals surface area (Å²) in [6.07, 6.45) is 2.14. The Balaban J connectivity index is 1.54. The van der Waals surface area contributed by atoms with Crippen molar-refractivity contribution in [3.05, 3.63) is 55.6 Å². The van der Waals surface area contributed by atoms with Gasteiger partial charge in [0.2, 0.25) is 5.91 Å². The Hall–Kier alpha value is -2.76. The fourth-order valence-corrected chi connectivity index (χ4v) is 4.57. The molecular formula is C18H14N3O5S3-. The lowest BCUT2D eigenvalue weighted by Crippen LogP contribution is -2.29. The molecule has 0 spiro atoms. The van der Waals surface area contributed by atoms with E-state index in [0.29, 0.717) is 15.6 Å². The third-order valence-electron chi connectivity index (χ3n) is 3.92. The van der Waals surface area contributed by atoms with Crippen molar-refractivity contribution in [1.29, 1.82) is 0 Å². The summed E-state index contributed by atoms with van der Waals surface area (Å²) in [4.78, 5) is 37.7. The maximum Gasteiger partial charge on any atom is 0.271 e. The fourth-order valence-electron chi connectivity index (χ4n) is 2.54. The number of nitrogens with one attached hydrogen (secondary N) is 1. The van der Waals surface area contributed by atoms with E-state index in [2.05, 4.69) is 5.32 Å². The van der Waals surface area contributed by atoms with Crippen LogP contribution in [-0.4, -0.2) is 32.5 Å². The molecule has 0 atom stereocenters. The molecule has 11 heteroatoms. The third kappa shape index (κ3) is 5.19. The molecule has 0 aliphatic carbocycles. The number of non-ortho nitro benzene ring substituents is 1. The summed E-state index contributed by atoms with van der Waals surface area (Å²) < 4.78 is 0.429. The number of rotatable bonds is 7. The van der Waals surface area contributed by atoms with Gasteiger partial charge in [0.15, 0.2) is 0 Å². The van der Waals surface area contributed by atoms with Crippen LogP contribution < -0.4 is 10.4 Å². The Morgan fingerprint density at radius 2 is 2.14 bits per heavy atom. The minimum absolute atomic E-state index is 0.0309. The number of anilines is 1. The van der Waals surface area contributed by atoms with Crippen molar-refractivity contribution < 1.29 is 19.6 Å². The molecule has 29 heavy (non-hydrogen) atoms. The Morgan fingerprint density at radius 1 is 1.34 bits per heavy atom. The second kappa shape index (κ2) is 9.16. The highest BCUT2D eigenvalue weighted by atomic mass is 32.2. The number of carbonyl (C=O) groups is 2. The van der Waals surface area contributed by atoms with E-state index in [9.17, 15) is 24.8 Å². The van der Waals surface area contributed by atoms with Crippen molar-refractivity contribution in [2.75, 3.05) is 11.9 Å². The first-order valence-electron chi connectivity index (χ1n) is 8.39. The van der Waals surface area contributed by atoms with E-state index in [1.54, 1.807) is 6.08 Å². The molecule has 1 aromatic heterocycles. The van der Waals surface area contributed by atoms with E-state index < -0.39 is 16.6 Å². The molecule has 0 unspecified atom stereocenters. The van der Waals surface area contributed by atoms with Crippen molar-refractivity contribution in [3.63, 3.8) is 0 Å². The molecule has 0 saturated carbocycles. The van der Waals surface area contributed by atoms with Gasteiger partial charge in [0.05, 0.1) is 9.83 Å². The number of nitro benzene ring substituents is 1. The number of nitrogens with zero attached hydrogens (tertiary/aromatic N) is 2. The molecular weight excluding hydrogens is 434 g/mol. The van der Waals surface area contributed by atoms with Gasteiger partial charge in [0, 0.05) is 35.7 Å². The van der Waals surface area contributed by atoms with Crippen molar-refractivity contribution in [3.8, 4) is 5.75 Å². The number of benzene rings is 1. The Morgan fingerprint density at radius 3 is 2.83 bits per heavy atom. The van der Waals surface area contributed by atoms with Crippen LogP contribution in [0.3, 0.4) is 0 Å². The van der Waals surface area contributed by atoms with Crippen LogP contribution in [0.1, 0.15) is 17.7 Å². The van der Waals surface area contributed by atoms with E-state index in [1.165, 1.54) is 28.0 Å². The lowest BCUT2D eigenvalue weighted by molar-refractivity contribution is -0.385. The lowest BCUT2D eigenvalue weighted by Gasteiger charge is -2.16. The van der Waals surface area contributed by atoms with Crippen LogP contribution in [0.25, 0.3) is 6.08 Å². The first kappa shape index (κ1) is 21.0. The lowest BCUT2D eigenvalue weighted by atomic mass is 10.2. The molecule has 1 saturated heterocycles. The molecule has 2 amide bonds. The summed E-state index contributed by atoms with van der Waals surface area (Å²) >= 11 is 7.99. The predicted molar refractivity (Wildman–Crippen MR) is 115 cm³/mol. The van der Waals surface area contributed by atoms with Gasteiger partial charge in [-0.2, -0.15) is 0 Å². The number of hydrogen-bond acceptors (Lipinski definition) is 8. The average molecular weight is 449 g/mol. The number of thiophene rings is 1. The van der Waals surface area contributed by atoms with Crippen molar-refractivity contribution in [1.82, 2.24) is 4.90 Å². The van der Waals surface area contributed by atoms with Crippen LogP contribution in [0.15, 0.2) is 40.6 Å². The smallest absolute Gasteiger partial charge is 0.271 e. The summed E-state index contributed by atoms with van der Waals surface area (Å²) in [5.41, 5.74) is -0.427. The quantitative estimate of drug-likeness (QED) is 0.299. The highest BCUT2D eigenvalue weighted by Gasteiger charge is 2.31. The van der Waals surface area contributed by atoms with Crippen LogP contribution in [0.4, 0.5) is 11.4 Å². The molecule has 1 aromatic carbocycles. The van der Waals surface area contributed by atoms with Crippen molar-refractivity contribution in [2.24, 2.45) is 0 Å². The average Bonchev–Trinajstić information content (AvgIpc) is 3.27. The molecule has 1 fully saturated rings. The number of nitro groups is 1. The molecule has 150 valence electrons. The highest BCUT2D eigenvalue weighted by molar-refractivity contribution is 8.26. The van der Waals surface area contributed by atoms with Gasteiger partial charge in [-0.15, -0.1) is 11.3 Å². The van der Waals surface area contributed by atoms with Crippen LogP contribution in [0.2, 0.25) is 0 Å². The van der Waals surface area contributed by atoms with Gasteiger partial charge in [-0.05, 0) is 23.9 Å². The molecule has 3 rings (SSSR count). The van der Waals surface area contributed by atoms with Gasteiger partial charge in [-0.1, -0.05) is 41.9 Å². The molecule has 2 heterocycles. The van der Waals surface area contributed by atoms with E-state index in [4.69, 9.17) is 12.2 Å². The number of thiocarbonyl (C=S) groups is 1. The fraction of sp³-hybridized carbons (Fsp3) is 0.167. The summed E-state index contributed by atoms with van der Waals surface area (Å²) in [6.45, 7) is 0.263.